The molecule has 0 radical (unpaired) electrons. The first kappa shape index (κ1) is 12.3. The van der Waals surface area contributed by atoms with E-state index >= 15 is 0 Å². The molecule has 0 fully saturated rings. The zero-order chi connectivity index (χ0) is 12.3. The number of alkyl halides is 4. The van der Waals surface area contributed by atoms with Crippen molar-refractivity contribution in [3.8, 4) is 11.6 Å². The molecule has 8 heteroatoms. The number of methoxy groups -OCH3 is 1. The van der Waals surface area contributed by atoms with E-state index in [-0.39, 0.29) is 5.75 Å². The van der Waals surface area contributed by atoms with Crippen molar-refractivity contribution in [3.63, 3.8) is 0 Å². The Morgan fingerprint density at radius 3 is 2.50 bits per heavy atom. The highest BCUT2D eigenvalue weighted by Gasteiger charge is 2.33. The predicted molar refractivity (Wildman–Crippen MR) is 45.1 cm³/mol. The van der Waals surface area contributed by atoms with E-state index < -0.39 is 30.0 Å². The maximum Gasteiger partial charge on any atom is 0.574 e. The van der Waals surface area contributed by atoms with Gasteiger partial charge in [-0.15, -0.1) is 13.2 Å². The van der Waals surface area contributed by atoms with Gasteiger partial charge < -0.3 is 9.47 Å². The predicted octanol–water partition coefficient (Wildman–Crippen LogP) is 1.75. The summed E-state index contributed by atoms with van der Waals surface area (Å²) >= 11 is 0. The molecule has 4 nitrogen and oxygen atoms in total. The average molecular weight is 241 g/mol. The highest BCUT2D eigenvalue weighted by atomic mass is 19.4. The molecule has 0 saturated heterocycles. The van der Waals surface area contributed by atoms with Gasteiger partial charge >= 0.3 is 6.36 Å². The molecule has 1 aromatic rings. The fourth-order valence-corrected chi connectivity index (χ4v) is 1.05. The number of aromatic amines is 1. The van der Waals surface area contributed by atoms with Crippen LogP contribution in [-0.2, 0) is 6.67 Å². The largest absolute Gasteiger partial charge is 0.574 e. The zero-order valence-corrected chi connectivity index (χ0v) is 8.02. The van der Waals surface area contributed by atoms with Crippen LogP contribution in [-0.4, -0.2) is 18.5 Å². The van der Waals surface area contributed by atoms with Crippen molar-refractivity contribution < 1.29 is 27.0 Å². The minimum absolute atomic E-state index is 0.300. The van der Waals surface area contributed by atoms with E-state index in [0.717, 1.165) is 13.2 Å². The Kier molecular flexibility index (Phi) is 3.41. The van der Waals surface area contributed by atoms with Crippen LogP contribution in [0.2, 0.25) is 0 Å². The Morgan fingerprint density at radius 1 is 1.44 bits per heavy atom. The van der Waals surface area contributed by atoms with Crippen molar-refractivity contribution in [2.75, 3.05) is 7.11 Å². The van der Waals surface area contributed by atoms with Gasteiger partial charge in [0.25, 0.3) is 5.56 Å². The minimum atomic E-state index is -5.01. The molecule has 1 aromatic heterocycles. The molecule has 0 atom stereocenters. The fraction of sp³-hybridized carbons (Fsp3) is 0.375. The number of nitrogens with one attached hydrogen (secondary N) is 1. The third kappa shape index (κ3) is 2.88. The summed E-state index contributed by atoms with van der Waals surface area (Å²) in [7, 11) is 1.10. The number of aromatic nitrogens is 1. The molecule has 1 heterocycles. The Hall–Kier alpha value is -1.73. The molecular formula is C8H7F4NO3. The topological polar surface area (TPSA) is 51.3 Å². The highest BCUT2D eigenvalue weighted by Crippen LogP contribution is 2.29. The number of pyridine rings is 1. The van der Waals surface area contributed by atoms with Crippen molar-refractivity contribution in [2.45, 2.75) is 13.0 Å². The SMILES string of the molecule is COc1cc(=O)[nH]c(OC(F)(F)F)c1CF. The van der Waals surface area contributed by atoms with Crippen LogP contribution >= 0.6 is 0 Å². The van der Waals surface area contributed by atoms with E-state index in [1.54, 1.807) is 4.98 Å². The fourth-order valence-electron chi connectivity index (χ4n) is 1.05. The lowest BCUT2D eigenvalue weighted by Gasteiger charge is -2.13. The van der Waals surface area contributed by atoms with Gasteiger partial charge in [0, 0.05) is 6.07 Å². The van der Waals surface area contributed by atoms with Crippen LogP contribution in [0.3, 0.4) is 0 Å². The number of hydrogen-bond donors (Lipinski definition) is 1. The van der Waals surface area contributed by atoms with Crippen LogP contribution < -0.4 is 15.0 Å². The van der Waals surface area contributed by atoms with Gasteiger partial charge in [0.05, 0.1) is 12.7 Å². The molecule has 90 valence electrons. The summed E-state index contributed by atoms with van der Waals surface area (Å²) in [6.07, 6.45) is -5.01. The van der Waals surface area contributed by atoms with E-state index in [1.807, 2.05) is 0 Å². The second-order valence-electron chi connectivity index (χ2n) is 2.69. The van der Waals surface area contributed by atoms with Gasteiger partial charge in [-0.05, 0) is 0 Å². The third-order valence-electron chi connectivity index (χ3n) is 1.64. The molecule has 1 N–H and O–H groups in total. The molecule has 0 amide bonds. The summed E-state index contributed by atoms with van der Waals surface area (Å²) in [5.41, 5.74) is -1.38. The van der Waals surface area contributed by atoms with Crippen LogP contribution in [0.5, 0.6) is 11.6 Å². The zero-order valence-electron chi connectivity index (χ0n) is 8.02. The maximum atomic E-state index is 12.5. The van der Waals surface area contributed by atoms with Gasteiger partial charge in [-0.1, -0.05) is 0 Å². The number of H-pyrrole nitrogens is 1. The van der Waals surface area contributed by atoms with Gasteiger partial charge in [-0.2, -0.15) is 0 Å². The van der Waals surface area contributed by atoms with Crippen molar-refractivity contribution in [1.29, 1.82) is 0 Å². The van der Waals surface area contributed by atoms with Crippen molar-refractivity contribution in [3.05, 3.63) is 22.0 Å². The van der Waals surface area contributed by atoms with Crippen LogP contribution in [0, 0.1) is 0 Å². The van der Waals surface area contributed by atoms with Crippen LogP contribution in [0.4, 0.5) is 17.6 Å². The monoisotopic (exact) mass is 241 g/mol. The molecule has 0 aliphatic heterocycles. The van der Waals surface area contributed by atoms with Gasteiger partial charge in [0.2, 0.25) is 5.88 Å². The first-order chi connectivity index (χ1) is 7.37. The Morgan fingerprint density at radius 2 is 2.06 bits per heavy atom. The summed E-state index contributed by atoms with van der Waals surface area (Å²) in [6, 6.07) is 0.831. The number of ether oxygens (including phenoxy) is 2. The molecule has 16 heavy (non-hydrogen) atoms. The Balaban J connectivity index is 3.26. The first-order valence-corrected chi connectivity index (χ1v) is 3.99. The molecule has 0 spiro atoms. The van der Waals surface area contributed by atoms with E-state index in [4.69, 9.17) is 0 Å². The van der Waals surface area contributed by atoms with E-state index in [2.05, 4.69) is 9.47 Å². The molecule has 1 rings (SSSR count). The Labute approximate surface area is 86.8 Å². The normalized spacial score (nSPS) is 11.3. The number of halogens is 4. The lowest BCUT2D eigenvalue weighted by Crippen LogP contribution is -2.21. The van der Waals surface area contributed by atoms with Gasteiger partial charge in [0.1, 0.15) is 12.4 Å². The standard InChI is InChI=1S/C8H7F4NO3/c1-15-5-2-6(14)13-7(4(5)3-9)16-8(10,11)12/h2H,3H2,1H3,(H,13,14). The second-order valence-corrected chi connectivity index (χ2v) is 2.69. The average Bonchev–Trinajstić information content (AvgIpc) is 2.14. The first-order valence-electron chi connectivity index (χ1n) is 3.99. The molecular weight excluding hydrogens is 234 g/mol. The summed E-state index contributed by atoms with van der Waals surface area (Å²) in [6.45, 7) is -1.26. The maximum absolute atomic E-state index is 12.5. The smallest absolute Gasteiger partial charge is 0.496 e. The lowest BCUT2D eigenvalue weighted by molar-refractivity contribution is -0.276. The quantitative estimate of drug-likeness (QED) is 0.820. The summed E-state index contributed by atoms with van der Waals surface area (Å²) in [4.78, 5) is 12.7. The van der Waals surface area contributed by atoms with E-state index in [1.165, 1.54) is 0 Å². The van der Waals surface area contributed by atoms with Gasteiger partial charge in [0.15, 0.2) is 0 Å². The molecule has 0 aliphatic carbocycles. The molecule has 0 aromatic carbocycles. The highest BCUT2D eigenvalue weighted by molar-refractivity contribution is 5.39. The number of rotatable bonds is 3. The van der Waals surface area contributed by atoms with Gasteiger partial charge in [-0.25, -0.2) is 4.39 Å². The van der Waals surface area contributed by atoms with Crippen LogP contribution in [0.15, 0.2) is 10.9 Å². The molecule has 0 saturated carbocycles. The van der Waals surface area contributed by atoms with E-state index in [0.29, 0.717) is 0 Å². The van der Waals surface area contributed by atoms with Crippen LogP contribution in [0.25, 0.3) is 0 Å². The number of hydrogen-bond acceptors (Lipinski definition) is 3. The van der Waals surface area contributed by atoms with Crippen molar-refractivity contribution in [1.82, 2.24) is 4.98 Å². The molecule has 0 unspecified atom stereocenters. The summed E-state index contributed by atoms with van der Waals surface area (Å²) in [5.74, 6) is -1.30. The minimum Gasteiger partial charge on any atom is -0.496 e. The Bertz CT molecular complexity index is 426. The van der Waals surface area contributed by atoms with Crippen molar-refractivity contribution >= 4 is 0 Å². The molecule has 0 bridgehead atoms. The van der Waals surface area contributed by atoms with Gasteiger partial charge in [-0.3, -0.25) is 9.78 Å². The lowest BCUT2D eigenvalue weighted by atomic mass is 10.2. The summed E-state index contributed by atoms with van der Waals surface area (Å²) in [5, 5.41) is 0. The third-order valence-corrected chi connectivity index (χ3v) is 1.64. The molecule has 0 aliphatic rings. The summed E-state index contributed by atoms with van der Waals surface area (Å²) < 4.78 is 56.3. The van der Waals surface area contributed by atoms with E-state index in [9.17, 15) is 22.4 Å². The van der Waals surface area contributed by atoms with Crippen molar-refractivity contribution in [2.24, 2.45) is 0 Å². The van der Waals surface area contributed by atoms with Crippen LogP contribution in [0.1, 0.15) is 5.56 Å². The second kappa shape index (κ2) is 4.42.